The molecular formula is C18H23F2NO. The van der Waals surface area contributed by atoms with Crippen LogP contribution in [-0.4, -0.2) is 12.7 Å². The SMILES string of the molecule is CCCO[C@H]1CC[C@H](CCc2ccc(C#N)c(F)c2F)CC1. The number of hydrogen-bond donors (Lipinski definition) is 0. The molecular weight excluding hydrogens is 284 g/mol. The minimum Gasteiger partial charge on any atom is -0.378 e. The van der Waals surface area contributed by atoms with Gasteiger partial charge in [-0.05, 0) is 62.5 Å². The molecule has 0 saturated heterocycles. The lowest BCUT2D eigenvalue weighted by molar-refractivity contribution is 0.0177. The molecule has 2 rings (SSSR count). The van der Waals surface area contributed by atoms with Crippen LogP contribution in [0.2, 0.25) is 0 Å². The number of hydrogen-bond acceptors (Lipinski definition) is 2. The van der Waals surface area contributed by atoms with E-state index in [2.05, 4.69) is 6.92 Å². The Bertz CT molecular complexity index is 531. The third-order valence-corrected chi connectivity index (χ3v) is 4.46. The third-order valence-electron chi connectivity index (χ3n) is 4.46. The van der Waals surface area contributed by atoms with Crippen molar-refractivity contribution in [3.8, 4) is 6.07 Å². The molecule has 1 saturated carbocycles. The van der Waals surface area contributed by atoms with Crippen LogP contribution in [0.15, 0.2) is 12.1 Å². The molecule has 0 aliphatic heterocycles. The van der Waals surface area contributed by atoms with Crippen molar-refractivity contribution >= 4 is 0 Å². The molecule has 0 radical (unpaired) electrons. The summed E-state index contributed by atoms with van der Waals surface area (Å²) in [6.07, 6.45) is 7.12. The van der Waals surface area contributed by atoms with Gasteiger partial charge in [0.25, 0.3) is 0 Å². The quantitative estimate of drug-likeness (QED) is 0.759. The summed E-state index contributed by atoms with van der Waals surface area (Å²) in [6.45, 7) is 2.93. The number of halogens is 2. The van der Waals surface area contributed by atoms with Crippen molar-refractivity contribution in [2.24, 2.45) is 5.92 Å². The lowest BCUT2D eigenvalue weighted by Crippen LogP contribution is -2.22. The predicted octanol–water partition coefficient (Wildman–Crippen LogP) is 4.75. The Morgan fingerprint density at radius 3 is 2.55 bits per heavy atom. The first-order valence-electron chi connectivity index (χ1n) is 8.14. The molecule has 1 aliphatic carbocycles. The highest BCUT2D eigenvalue weighted by Gasteiger charge is 2.22. The minimum absolute atomic E-state index is 0.227. The second kappa shape index (κ2) is 8.24. The molecule has 0 unspecified atom stereocenters. The fourth-order valence-electron chi connectivity index (χ4n) is 3.10. The number of nitriles is 1. The van der Waals surface area contributed by atoms with Crippen LogP contribution in [0.25, 0.3) is 0 Å². The van der Waals surface area contributed by atoms with Crippen LogP contribution in [0.1, 0.15) is 56.6 Å². The van der Waals surface area contributed by atoms with Crippen LogP contribution >= 0.6 is 0 Å². The topological polar surface area (TPSA) is 33.0 Å². The van der Waals surface area contributed by atoms with Crippen molar-refractivity contribution in [1.29, 1.82) is 5.26 Å². The molecule has 2 nitrogen and oxygen atoms in total. The monoisotopic (exact) mass is 307 g/mol. The third kappa shape index (κ3) is 4.27. The average molecular weight is 307 g/mol. The van der Waals surface area contributed by atoms with Crippen LogP contribution in [0.4, 0.5) is 8.78 Å². The van der Waals surface area contributed by atoms with Crippen LogP contribution < -0.4 is 0 Å². The van der Waals surface area contributed by atoms with Gasteiger partial charge in [0.2, 0.25) is 0 Å². The summed E-state index contributed by atoms with van der Waals surface area (Å²) in [6, 6.07) is 4.56. The van der Waals surface area contributed by atoms with Crippen molar-refractivity contribution in [2.75, 3.05) is 6.61 Å². The van der Waals surface area contributed by atoms with E-state index in [-0.39, 0.29) is 5.56 Å². The average Bonchev–Trinajstić information content (AvgIpc) is 2.55. The molecule has 22 heavy (non-hydrogen) atoms. The molecule has 0 amide bonds. The maximum absolute atomic E-state index is 13.9. The van der Waals surface area contributed by atoms with Crippen molar-refractivity contribution < 1.29 is 13.5 Å². The van der Waals surface area contributed by atoms with E-state index in [4.69, 9.17) is 10.00 Å². The molecule has 0 atom stereocenters. The molecule has 1 fully saturated rings. The Morgan fingerprint density at radius 1 is 1.18 bits per heavy atom. The highest BCUT2D eigenvalue weighted by molar-refractivity contribution is 5.34. The van der Waals surface area contributed by atoms with E-state index < -0.39 is 11.6 Å². The Hall–Kier alpha value is -1.47. The number of ether oxygens (including phenoxy) is 1. The van der Waals surface area contributed by atoms with Gasteiger partial charge in [-0.15, -0.1) is 0 Å². The van der Waals surface area contributed by atoms with Gasteiger partial charge in [-0.3, -0.25) is 0 Å². The Morgan fingerprint density at radius 2 is 1.91 bits per heavy atom. The number of benzene rings is 1. The lowest BCUT2D eigenvalue weighted by Gasteiger charge is -2.28. The second-order valence-electron chi connectivity index (χ2n) is 6.06. The van der Waals surface area contributed by atoms with Gasteiger partial charge >= 0.3 is 0 Å². The van der Waals surface area contributed by atoms with Gasteiger partial charge in [-0.25, -0.2) is 8.78 Å². The van der Waals surface area contributed by atoms with Crippen LogP contribution in [0.3, 0.4) is 0 Å². The van der Waals surface area contributed by atoms with Crippen molar-refractivity contribution in [2.45, 2.75) is 58.0 Å². The highest BCUT2D eigenvalue weighted by Crippen LogP contribution is 2.30. The first-order valence-corrected chi connectivity index (χ1v) is 8.14. The number of nitrogens with zero attached hydrogens (tertiary/aromatic N) is 1. The van der Waals surface area contributed by atoms with E-state index in [9.17, 15) is 8.78 Å². The van der Waals surface area contributed by atoms with Gasteiger partial charge in [0.15, 0.2) is 11.6 Å². The molecule has 1 aromatic rings. The normalized spacial score (nSPS) is 21.5. The van der Waals surface area contributed by atoms with Crippen LogP contribution in [-0.2, 0) is 11.2 Å². The number of rotatable bonds is 6. The minimum atomic E-state index is -1.02. The molecule has 0 aromatic heterocycles. The van der Waals surface area contributed by atoms with Crippen LogP contribution in [0.5, 0.6) is 0 Å². The zero-order chi connectivity index (χ0) is 15.9. The Labute approximate surface area is 131 Å². The van der Waals surface area contributed by atoms with Gasteiger partial charge < -0.3 is 4.74 Å². The Balaban J connectivity index is 1.82. The van der Waals surface area contributed by atoms with E-state index in [1.807, 2.05) is 0 Å². The second-order valence-corrected chi connectivity index (χ2v) is 6.06. The smallest absolute Gasteiger partial charge is 0.176 e. The first-order chi connectivity index (χ1) is 10.7. The largest absolute Gasteiger partial charge is 0.378 e. The molecule has 120 valence electrons. The van der Waals surface area contributed by atoms with E-state index >= 15 is 0 Å². The number of aryl methyl sites for hydroxylation is 1. The summed E-state index contributed by atoms with van der Waals surface area (Å²) in [4.78, 5) is 0. The molecule has 0 bridgehead atoms. The Kier molecular flexibility index (Phi) is 6.33. The highest BCUT2D eigenvalue weighted by atomic mass is 19.2. The summed E-state index contributed by atoms with van der Waals surface area (Å²) in [5.74, 6) is -1.32. The molecule has 0 heterocycles. The first kappa shape index (κ1) is 16.9. The molecule has 1 aromatic carbocycles. The van der Waals surface area contributed by atoms with Crippen molar-refractivity contribution in [3.05, 3.63) is 34.9 Å². The van der Waals surface area contributed by atoms with Gasteiger partial charge in [-0.2, -0.15) is 5.26 Å². The fourth-order valence-corrected chi connectivity index (χ4v) is 3.10. The summed E-state index contributed by atoms with van der Waals surface area (Å²) in [7, 11) is 0. The molecule has 1 aliphatic rings. The maximum Gasteiger partial charge on any atom is 0.176 e. The summed E-state index contributed by atoms with van der Waals surface area (Å²) in [5, 5.41) is 8.69. The predicted molar refractivity (Wildman–Crippen MR) is 81.4 cm³/mol. The van der Waals surface area contributed by atoms with E-state index in [0.717, 1.165) is 45.1 Å². The van der Waals surface area contributed by atoms with Gasteiger partial charge in [0.05, 0.1) is 11.7 Å². The van der Waals surface area contributed by atoms with Gasteiger partial charge in [0, 0.05) is 6.61 Å². The van der Waals surface area contributed by atoms with E-state index in [0.29, 0.717) is 24.0 Å². The summed E-state index contributed by atoms with van der Waals surface area (Å²) >= 11 is 0. The molecule has 0 spiro atoms. The zero-order valence-corrected chi connectivity index (χ0v) is 13.1. The fraction of sp³-hybridized carbons (Fsp3) is 0.611. The summed E-state index contributed by atoms with van der Waals surface area (Å²) in [5.41, 5.74) is 0.149. The zero-order valence-electron chi connectivity index (χ0n) is 13.1. The standard InChI is InChI=1S/C18H23F2NO/c1-2-11-22-16-9-4-13(5-10-16)3-6-14-7-8-15(12-21)18(20)17(14)19/h7-8,13,16H,2-6,9-11H2,1H3/t13-,16-. The maximum atomic E-state index is 13.9. The summed E-state index contributed by atoms with van der Waals surface area (Å²) < 4.78 is 33.2. The van der Waals surface area contributed by atoms with Crippen LogP contribution in [0, 0.1) is 28.9 Å². The van der Waals surface area contributed by atoms with E-state index in [1.54, 1.807) is 6.07 Å². The van der Waals surface area contributed by atoms with Gasteiger partial charge in [-0.1, -0.05) is 13.0 Å². The van der Waals surface area contributed by atoms with Crippen molar-refractivity contribution in [1.82, 2.24) is 0 Å². The van der Waals surface area contributed by atoms with E-state index in [1.165, 1.54) is 12.1 Å². The van der Waals surface area contributed by atoms with Gasteiger partial charge in [0.1, 0.15) is 6.07 Å². The molecule has 0 N–H and O–H groups in total. The lowest BCUT2D eigenvalue weighted by atomic mass is 9.83. The van der Waals surface area contributed by atoms with Crippen molar-refractivity contribution in [3.63, 3.8) is 0 Å². The molecule has 4 heteroatoms.